The molecule has 0 radical (unpaired) electrons. The van der Waals surface area contributed by atoms with Gasteiger partial charge in [0.2, 0.25) is 0 Å². The van der Waals surface area contributed by atoms with Crippen LogP contribution in [-0.2, 0) is 0 Å². The van der Waals surface area contributed by atoms with Gasteiger partial charge in [-0.25, -0.2) is 9.50 Å². The first-order valence-electron chi connectivity index (χ1n) is 9.78. The number of imidazole rings is 1. The highest BCUT2D eigenvalue weighted by Gasteiger charge is 2.17. The Balaban J connectivity index is 1.51. The third kappa shape index (κ3) is 3.89. The van der Waals surface area contributed by atoms with E-state index in [2.05, 4.69) is 22.2 Å². The van der Waals surface area contributed by atoms with Crippen molar-refractivity contribution in [1.82, 2.24) is 19.5 Å². The van der Waals surface area contributed by atoms with Gasteiger partial charge in [-0.2, -0.15) is 0 Å². The Hall–Kier alpha value is -2.80. The normalized spacial score (nSPS) is 15.8. The van der Waals surface area contributed by atoms with E-state index < -0.39 is 0 Å². The maximum Gasteiger partial charge on any atom is 0.154 e. The standard InChI is InChI=1S/C21H27N5O2/c1-25-11-8-15(9-12-25)7-10-22-20-5-6-21-23-14-18(26(21)24-20)17-13-16(27)3-4-19(17)28-2/h3-6,13-15,27H,7-12H2,1-2H3,(H,22,24). The predicted molar refractivity (Wildman–Crippen MR) is 110 cm³/mol. The van der Waals surface area contributed by atoms with Gasteiger partial charge in [0.15, 0.2) is 5.65 Å². The van der Waals surface area contributed by atoms with Crippen LogP contribution in [0.25, 0.3) is 16.9 Å². The van der Waals surface area contributed by atoms with Crippen LogP contribution in [0.1, 0.15) is 19.3 Å². The molecule has 1 saturated heterocycles. The van der Waals surface area contributed by atoms with Crippen LogP contribution in [-0.4, -0.2) is 58.4 Å². The zero-order valence-corrected chi connectivity index (χ0v) is 16.4. The molecule has 7 heteroatoms. The van der Waals surface area contributed by atoms with E-state index in [-0.39, 0.29) is 5.75 Å². The number of piperidine rings is 1. The Morgan fingerprint density at radius 3 is 2.82 bits per heavy atom. The van der Waals surface area contributed by atoms with Crippen molar-refractivity contribution in [3.63, 3.8) is 0 Å². The van der Waals surface area contributed by atoms with Crippen molar-refractivity contribution in [3.8, 4) is 22.8 Å². The Labute approximate surface area is 165 Å². The second kappa shape index (κ2) is 8.06. The van der Waals surface area contributed by atoms with Crippen molar-refractivity contribution < 1.29 is 9.84 Å². The zero-order valence-electron chi connectivity index (χ0n) is 16.4. The Kier molecular flexibility index (Phi) is 5.34. The average molecular weight is 381 g/mol. The van der Waals surface area contributed by atoms with E-state index >= 15 is 0 Å². The highest BCUT2D eigenvalue weighted by atomic mass is 16.5. The summed E-state index contributed by atoms with van der Waals surface area (Å²) in [5.74, 6) is 2.45. The van der Waals surface area contributed by atoms with E-state index in [0.29, 0.717) is 5.75 Å². The number of hydrogen-bond acceptors (Lipinski definition) is 6. The molecular formula is C21H27N5O2. The molecule has 2 N–H and O–H groups in total. The fourth-order valence-corrected chi connectivity index (χ4v) is 3.80. The highest BCUT2D eigenvalue weighted by Crippen LogP contribution is 2.33. The summed E-state index contributed by atoms with van der Waals surface area (Å²) in [6, 6.07) is 8.93. The maximum absolute atomic E-state index is 9.89. The number of anilines is 1. The lowest BCUT2D eigenvalue weighted by Gasteiger charge is -2.28. The number of aromatic hydroxyl groups is 1. The number of phenolic OH excluding ortho intramolecular Hbond substituents is 1. The third-order valence-corrected chi connectivity index (χ3v) is 5.52. The van der Waals surface area contributed by atoms with E-state index in [4.69, 9.17) is 9.84 Å². The lowest BCUT2D eigenvalue weighted by Crippen LogP contribution is -2.30. The average Bonchev–Trinajstić information content (AvgIpc) is 3.12. The Bertz CT molecular complexity index is 947. The zero-order chi connectivity index (χ0) is 19.5. The topological polar surface area (TPSA) is 74.9 Å². The second-order valence-electron chi connectivity index (χ2n) is 7.48. The van der Waals surface area contributed by atoms with Crippen LogP contribution in [0.4, 0.5) is 5.82 Å². The van der Waals surface area contributed by atoms with Gasteiger partial charge >= 0.3 is 0 Å². The molecule has 0 atom stereocenters. The van der Waals surface area contributed by atoms with E-state index in [1.54, 1.807) is 36.0 Å². The van der Waals surface area contributed by atoms with Crippen LogP contribution in [0.15, 0.2) is 36.5 Å². The molecule has 0 aliphatic carbocycles. The fourth-order valence-electron chi connectivity index (χ4n) is 3.80. The number of likely N-dealkylation sites (tertiary alicyclic amines) is 1. The quantitative estimate of drug-likeness (QED) is 0.683. The van der Waals surface area contributed by atoms with Gasteiger partial charge in [0, 0.05) is 12.1 Å². The van der Waals surface area contributed by atoms with Crippen molar-refractivity contribution in [3.05, 3.63) is 36.5 Å². The highest BCUT2D eigenvalue weighted by molar-refractivity contribution is 5.71. The summed E-state index contributed by atoms with van der Waals surface area (Å²) in [7, 11) is 3.81. The molecule has 1 aliphatic heterocycles. The smallest absolute Gasteiger partial charge is 0.154 e. The molecular weight excluding hydrogens is 354 g/mol. The minimum atomic E-state index is 0.179. The number of benzene rings is 1. The van der Waals surface area contributed by atoms with Crippen LogP contribution in [0.3, 0.4) is 0 Å². The summed E-state index contributed by atoms with van der Waals surface area (Å²) in [5, 5.41) is 18.1. The molecule has 0 spiro atoms. The molecule has 0 unspecified atom stereocenters. The van der Waals surface area contributed by atoms with Crippen molar-refractivity contribution in [1.29, 1.82) is 0 Å². The summed E-state index contributed by atoms with van der Waals surface area (Å²) in [6.45, 7) is 3.30. The number of nitrogens with one attached hydrogen (secondary N) is 1. The lowest BCUT2D eigenvalue weighted by molar-refractivity contribution is 0.215. The molecule has 28 heavy (non-hydrogen) atoms. The molecule has 1 fully saturated rings. The molecule has 0 bridgehead atoms. The van der Waals surface area contributed by atoms with Crippen molar-refractivity contribution >= 4 is 11.5 Å². The number of fused-ring (bicyclic) bond motifs is 1. The van der Waals surface area contributed by atoms with Crippen molar-refractivity contribution in [2.75, 3.05) is 39.1 Å². The van der Waals surface area contributed by atoms with Gasteiger partial charge in [-0.1, -0.05) is 0 Å². The van der Waals surface area contributed by atoms with E-state index in [1.165, 1.54) is 25.9 Å². The molecule has 0 saturated carbocycles. The van der Waals surface area contributed by atoms with Gasteiger partial charge in [-0.15, -0.1) is 5.10 Å². The molecule has 3 heterocycles. The van der Waals surface area contributed by atoms with Crippen molar-refractivity contribution in [2.24, 2.45) is 5.92 Å². The van der Waals surface area contributed by atoms with Crippen LogP contribution in [0, 0.1) is 5.92 Å². The Morgan fingerprint density at radius 2 is 2.04 bits per heavy atom. The maximum atomic E-state index is 9.89. The summed E-state index contributed by atoms with van der Waals surface area (Å²) < 4.78 is 7.23. The van der Waals surface area contributed by atoms with Gasteiger partial charge in [0.25, 0.3) is 0 Å². The van der Waals surface area contributed by atoms with E-state index in [1.807, 2.05) is 12.1 Å². The molecule has 2 aromatic heterocycles. The number of ether oxygens (including phenoxy) is 1. The second-order valence-corrected chi connectivity index (χ2v) is 7.48. The molecule has 4 rings (SSSR count). The molecule has 3 aromatic rings. The van der Waals surface area contributed by atoms with Crippen molar-refractivity contribution in [2.45, 2.75) is 19.3 Å². The van der Waals surface area contributed by atoms with Crippen LogP contribution in [0.2, 0.25) is 0 Å². The summed E-state index contributed by atoms with van der Waals surface area (Å²) >= 11 is 0. The first-order chi connectivity index (χ1) is 13.6. The number of methoxy groups -OCH3 is 1. The Morgan fingerprint density at radius 1 is 1.21 bits per heavy atom. The summed E-state index contributed by atoms with van der Waals surface area (Å²) in [4.78, 5) is 6.83. The van der Waals surface area contributed by atoms with Gasteiger partial charge in [0.05, 0.1) is 19.0 Å². The van der Waals surface area contributed by atoms with Crippen LogP contribution < -0.4 is 10.1 Å². The summed E-state index contributed by atoms with van der Waals surface area (Å²) in [5.41, 5.74) is 2.29. The number of hydrogen-bond donors (Lipinski definition) is 2. The molecule has 7 nitrogen and oxygen atoms in total. The predicted octanol–water partition coefficient (Wildman–Crippen LogP) is 3.25. The third-order valence-electron chi connectivity index (χ3n) is 5.52. The van der Waals surface area contributed by atoms with Gasteiger partial charge in [-0.05, 0) is 75.6 Å². The lowest BCUT2D eigenvalue weighted by atomic mass is 9.94. The van der Waals surface area contributed by atoms with E-state index in [9.17, 15) is 5.11 Å². The van der Waals surface area contributed by atoms with Crippen LogP contribution in [0.5, 0.6) is 11.5 Å². The largest absolute Gasteiger partial charge is 0.508 e. The molecule has 1 aromatic carbocycles. The molecule has 148 valence electrons. The monoisotopic (exact) mass is 381 g/mol. The minimum Gasteiger partial charge on any atom is -0.508 e. The fraction of sp³-hybridized carbons (Fsp3) is 0.429. The molecule has 0 amide bonds. The number of nitrogens with zero attached hydrogens (tertiary/aromatic N) is 4. The number of aromatic nitrogens is 3. The first-order valence-corrected chi connectivity index (χ1v) is 9.78. The van der Waals surface area contributed by atoms with E-state index in [0.717, 1.165) is 41.6 Å². The first kappa shape index (κ1) is 18.6. The van der Waals surface area contributed by atoms with Gasteiger partial charge in [-0.3, -0.25) is 0 Å². The number of rotatable bonds is 6. The summed E-state index contributed by atoms with van der Waals surface area (Å²) in [6.07, 6.45) is 5.45. The number of phenols is 1. The van der Waals surface area contributed by atoms with Crippen LogP contribution >= 0.6 is 0 Å². The SMILES string of the molecule is COc1ccc(O)cc1-c1cnc2ccc(NCCC3CCN(C)CC3)nn12. The molecule has 1 aliphatic rings. The minimum absolute atomic E-state index is 0.179. The van der Waals surface area contributed by atoms with Gasteiger partial charge in [0.1, 0.15) is 17.3 Å². The van der Waals surface area contributed by atoms with Gasteiger partial charge < -0.3 is 20.1 Å².